The monoisotopic (exact) mass is 219 g/mol. The second-order valence-electron chi connectivity index (χ2n) is 3.34. The number of rotatable bonds is 5. The molecule has 0 heterocycles. The summed E-state index contributed by atoms with van der Waals surface area (Å²) >= 11 is 0. The normalized spacial score (nSPS) is 12.6. The molecule has 1 aromatic rings. The van der Waals surface area contributed by atoms with Crippen molar-refractivity contribution < 1.29 is 9.53 Å². The van der Waals surface area contributed by atoms with Crippen LogP contribution in [0.5, 0.6) is 0 Å². The Bertz CT molecular complexity index is 346. The van der Waals surface area contributed by atoms with E-state index in [9.17, 15) is 4.79 Å². The third-order valence-corrected chi connectivity index (χ3v) is 2.25. The van der Waals surface area contributed by atoms with Crippen molar-refractivity contribution in [1.29, 1.82) is 0 Å². The van der Waals surface area contributed by atoms with Gasteiger partial charge in [-0.3, -0.25) is 5.32 Å². The van der Waals surface area contributed by atoms with E-state index in [1.54, 1.807) is 0 Å². The summed E-state index contributed by atoms with van der Waals surface area (Å²) in [7, 11) is 1.40. The number of carbonyl (C=O) groups is 1. The van der Waals surface area contributed by atoms with Gasteiger partial charge in [-0.25, -0.2) is 4.79 Å². The maximum Gasteiger partial charge on any atom is 0.327 e. The van der Waals surface area contributed by atoms with Gasteiger partial charge in [0.25, 0.3) is 0 Å². The van der Waals surface area contributed by atoms with E-state index >= 15 is 0 Å². The Balaban J connectivity index is 2.75. The van der Waals surface area contributed by atoms with E-state index in [1.165, 1.54) is 7.11 Å². The highest BCUT2D eigenvalue weighted by Crippen LogP contribution is 2.13. The molecule has 3 nitrogen and oxygen atoms in total. The van der Waals surface area contributed by atoms with Crippen LogP contribution in [0.15, 0.2) is 42.5 Å². The predicted octanol–water partition coefficient (Wildman–Crippen LogP) is 2.07. The number of methoxy groups -OCH3 is 1. The first-order chi connectivity index (χ1) is 7.79. The van der Waals surface area contributed by atoms with E-state index in [1.807, 2.05) is 49.4 Å². The quantitative estimate of drug-likeness (QED) is 0.608. The Morgan fingerprint density at radius 3 is 2.69 bits per heavy atom. The highest BCUT2D eigenvalue weighted by molar-refractivity contribution is 5.77. The van der Waals surface area contributed by atoms with Crippen molar-refractivity contribution in [2.24, 2.45) is 0 Å². The Kier molecular flexibility index (Phi) is 5.29. The average Bonchev–Trinajstić information content (AvgIpc) is 2.35. The first kappa shape index (κ1) is 12.5. The van der Waals surface area contributed by atoms with Gasteiger partial charge in [0.1, 0.15) is 6.04 Å². The number of carbonyl (C=O) groups excluding carboxylic acids is 1. The lowest BCUT2D eigenvalue weighted by Gasteiger charge is -2.15. The van der Waals surface area contributed by atoms with Gasteiger partial charge in [0.05, 0.1) is 7.11 Å². The van der Waals surface area contributed by atoms with Crippen molar-refractivity contribution in [3.63, 3.8) is 0 Å². The van der Waals surface area contributed by atoms with Crippen LogP contribution in [0.1, 0.15) is 18.5 Å². The molecule has 86 valence electrons. The van der Waals surface area contributed by atoms with E-state index in [0.717, 1.165) is 5.56 Å². The molecular formula is C13H17NO2. The minimum atomic E-state index is -0.401. The van der Waals surface area contributed by atoms with E-state index in [-0.39, 0.29) is 5.97 Å². The molecule has 3 heteroatoms. The molecule has 0 aliphatic heterocycles. The molecular weight excluding hydrogens is 202 g/mol. The topological polar surface area (TPSA) is 38.3 Å². The molecule has 1 atom stereocenters. The number of nitrogens with one attached hydrogen (secondary N) is 1. The summed E-state index contributed by atoms with van der Waals surface area (Å²) in [5.41, 5.74) is 0.916. The van der Waals surface area contributed by atoms with Gasteiger partial charge in [-0.15, -0.1) is 0 Å². The fourth-order valence-electron chi connectivity index (χ4n) is 1.40. The molecule has 0 saturated carbocycles. The van der Waals surface area contributed by atoms with Gasteiger partial charge in [-0.2, -0.15) is 0 Å². The Hall–Kier alpha value is -1.61. The fraction of sp³-hybridized carbons (Fsp3) is 0.308. The zero-order chi connectivity index (χ0) is 11.8. The second-order valence-corrected chi connectivity index (χ2v) is 3.34. The molecule has 0 radical (unpaired) electrons. The van der Waals surface area contributed by atoms with Crippen molar-refractivity contribution in [3.8, 4) is 0 Å². The Morgan fingerprint density at radius 2 is 2.12 bits per heavy atom. The number of hydrogen-bond donors (Lipinski definition) is 1. The molecule has 1 rings (SSSR count). The Morgan fingerprint density at radius 1 is 1.44 bits per heavy atom. The molecule has 1 aromatic carbocycles. The van der Waals surface area contributed by atoms with Crippen LogP contribution in [0, 0.1) is 0 Å². The maximum atomic E-state index is 11.6. The van der Waals surface area contributed by atoms with Gasteiger partial charge >= 0.3 is 5.97 Å². The van der Waals surface area contributed by atoms with E-state index < -0.39 is 6.04 Å². The summed E-state index contributed by atoms with van der Waals surface area (Å²) in [5, 5.41) is 3.13. The molecule has 0 bridgehead atoms. The van der Waals surface area contributed by atoms with Crippen LogP contribution in [0.25, 0.3) is 0 Å². The van der Waals surface area contributed by atoms with Crippen molar-refractivity contribution in [1.82, 2.24) is 5.32 Å². The number of esters is 1. The molecule has 0 aliphatic carbocycles. The van der Waals surface area contributed by atoms with Gasteiger partial charge in [-0.1, -0.05) is 42.5 Å². The van der Waals surface area contributed by atoms with Crippen molar-refractivity contribution in [2.75, 3.05) is 13.7 Å². The summed E-state index contributed by atoms with van der Waals surface area (Å²) in [6.45, 7) is 2.59. The summed E-state index contributed by atoms with van der Waals surface area (Å²) in [6.07, 6.45) is 3.89. The zero-order valence-electron chi connectivity index (χ0n) is 9.64. The summed E-state index contributed by atoms with van der Waals surface area (Å²) in [6, 6.07) is 9.14. The van der Waals surface area contributed by atoms with Crippen LogP contribution in [0.3, 0.4) is 0 Å². The number of ether oxygens (including phenoxy) is 1. The maximum absolute atomic E-state index is 11.6. The molecule has 0 fully saturated rings. The van der Waals surface area contributed by atoms with Crippen LogP contribution >= 0.6 is 0 Å². The molecule has 0 amide bonds. The second kappa shape index (κ2) is 6.80. The zero-order valence-corrected chi connectivity index (χ0v) is 9.64. The van der Waals surface area contributed by atoms with E-state index in [4.69, 9.17) is 4.74 Å². The highest BCUT2D eigenvalue weighted by Gasteiger charge is 2.19. The van der Waals surface area contributed by atoms with Gasteiger partial charge in [-0.05, 0) is 12.5 Å². The predicted molar refractivity (Wildman–Crippen MR) is 64.0 cm³/mol. The average molecular weight is 219 g/mol. The van der Waals surface area contributed by atoms with Crippen LogP contribution in [-0.2, 0) is 9.53 Å². The summed E-state index contributed by atoms with van der Waals surface area (Å²) in [4.78, 5) is 11.6. The molecule has 1 unspecified atom stereocenters. The van der Waals surface area contributed by atoms with Gasteiger partial charge in [0.15, 0.2) is 0 Å². The summed E-state index contributed by atoms with van der Waals surface area (Å²) in [5.74, 6) is -0.268. The third kappa shape index (κ3) is 3.51. The molecule has 0 saturated heterocycles. The van der Waals surface area contributed by atoms with Crippen LogP contribution in [0.4, 0.5) is 0 Å². The molecule has 1 N–H and O–H groups in total. The fourth-order valence-corrected chi connectivity index (χ4v) is 1.40. The third-order valence-electron chi connectivity index (χ3n) is 2.25. The first-order valence-corrected chi connectivity index (χ1v) is 5.27. The molecule has 0 aliphatic rings. The lowest BCUT2D eigenvalue weighted by molar-refractivity contribution is -0.143. The number of hydrogen-bond acceptors (Lipinski definition) is 3. The van der Waals surface area contributed by atoms with Crippen LogP contribution < -0.4 is 5.32 Å². The first-order valence-electron chi connectivity index (χ1n) is 5.27. The number of benzene rings is 1. The van der Waals surface area contributed by atoms with E-state index in [0.29, 0.717) is 6.54 Å². The van der Waals surface area contributed by atoms with Gasteiger partial charge < -0.3 is 4.74 Å². The summed E-state index contributed by atoms with van der Waals surface area (Å²) < 4.78 is 4.77. The lowest BCUT2D eigenvalue weighted by Crippen LogP contribution is -2.29. The minimum absolute atomic E-state index is 0.268. The standard InChI is InChI=1S/C13H17NO2/c1-3-4-10-14-12(13(15)16-2)11-8-6-5-7-9-11/h3-9,12,14H,10H2,1-2H3. The molecule has 0 aromatic heterocycles. The smallest absolute Gasteiger partial charge is 0.327 e. The van der Waals surface area contributed by atoms with Crippen LogP contribution in [-0.4, -0.2) is 19.6 Å². The number of allylic oxidation sites excluding steroid dienone is 1. The largest absolute Gasteiger partial charge is 0.468 e. The highest BCUT2D eigenvalue weighted by atomic mass is 16.5. The van der Waals surface area contributed by atoms with Crippen molar-refractivity contribution >= 4 is 5.97 Å². The van der Waals surface area contributed by atoms with Gasteiger partial charge in [0.2, 0.25) is 0 Å². The van der Waals surface area contributed by atoms with Crippen molar-refractivity contribution in [2.45, 2.75) is 13.0 Å². The van der Waals surface area contributed by atoms with Gasteiger partial charge in [0, 0.05) is 6.54 Å². The van der Waals surface area contributed by atoms with Crippen LogP contribution in [0.2, 0.25) is 0 Å². The lowest BCUT2D eigenvalue weighted by atomic mass is 10.1. The molecule has 16 heavy (non-hydrogen) atoms. The SMILES string of the molecule is CC=CCNC(C(=O)OC)c1ccccc1. The van der Waals surface area contributed by atoms with E-state index in [2.05, 4.69) is 5.32 Å². The Labute approximate surface area is 96.1 Å². The molecule has 0 spiro atoms. The van der Waals surface area contributed by atoms with Crippen molar-refractivity contribution in [3.05, 3.63) is 48.0 Å². The minimum Gasteiger partial charge on any atom is -0.468 e.